The molecule has 2 amide bonds. The number of hydrogen-bond acceptors (Lipinski definition) is 8. The number of benzene rings is 1. The molecule has 0 radical (unpaired) electrons. The van der Waals surface area contributed by atoms with Gasteiger partial charge in [0.1, 0.15) is 17.7 Å². The van der Waals surface area contributed by atoms with Crippen LogP contribution in [0.15, 0.2) is 16.5 Å². The Morgan fingerprint density at radius 2 is 2.03 bits per heavy atom. The van der Waals surface area contributed by atoms with Gasteiger partial charge in [-0.1, -0.05) is 40.7 Å². The van der Waals surface area contributed by atoms with E-state index in [2.05, 4.69) is 10.5 Å². The molecule has 0 saturated carbocycles. The zero-order chi connectivity index (χ0) is 23.8. The van der Waals surface area contributed by atoms with E-state index in [1.807, 2.05) is 13.8 Å². The highest BCUT2D eigenvalue weighted by Gasteiger charge is 2.49. The average Bonchev–Trinajstić information content (AvgIpc) is 3.19. The van der Waals surface area contributed by atoms with Gasteiger partial charge in [0.2, 0.25) is 5.91 Å². The van der Waals surface area contributed by atoms with E-state index in [0.717, 1.165) is 4.90 Å². The molecule has 0 aliphatic carbocycles. The van der Waals surface area contributed by atoms with E-state index in [9.17, 15) is 24.7 Å². The summed E-state index contributed by atoms with van der Waals surface area (Å²) >= 11 is 0. The maximum absolute atomic E-state index is 12.8. The first-order valence-corrected chi connectivity index (χ1v) is 10.5. The molecule has 2 atom stereocenters. The molecule has 10 heteroatoms. The molecule has 174 valence electrons. The van der Waals surface area contributed by atoms with E-state index >= 15 is 0 Å². The molecule has 0 bridgehead atoms. The van der Waals surface area contributed by atoms with Crippen molar-refractivity contribution in [2.45, 2.75) is 66.2 Å². The second-order valence-electron chi connectivity index (χ2n) is 9.48. The molecule has 0 unspecified atom stereocenters. The van der Waals surface area contributed by atoms with E-state index in [4.69, 9.17) is 9.15 Å². The van der Waals surface area contributed by atoms with E-state index < -0.39 is 35.3 Å². The van der Waals surface area contributed by atoms with Crippen LogP contribution in [0.3, 0.4) is 0 Å². The normalized spacial score (nSPS) is 18.1. The van der Waals surface area contributed by atoms with Gasteiger partial charge in [-0.05, 0) is 17.4 Å². The third-order valence-electron chi connectivity index (χ3n) is 5.28. The monoisotopic (exact) mass is 447 g/mol. The fourth-order valence-corrected chi connectivity index (χ4v) is 3.85. The first kappa shape index (κ1) is 23.7. The smallest absolute Gasteiger partial charge is 0.327 e. The van der Waals surface area contributed by atoms with Crippen LogP contribution in [0, 0.1) is 11.3 Å². The van der Waals surface area contributed by atoms with Gasteiger partial charge < -0.3 is 14.3 Å². The number of rotatable bonds is 8. The number of nitrogens with one attached hydrogen (secondary N) is 1. The number of nitrogens with zero attached hydrogens (tertiary/aromatic N) is 2. The predicted molar refractivity (Wildman–Crippen MR) is 114 cm³/mol. The number of carboxylic acid groups (broad SMARTS) is 1. The third-order valence-corrected chi connectivity index (χ3v) is 5.28. The molecule has 1 aliphatic rings. The van der Waals surface area contributed by atoms with Gasteiger partial charge in [0.05, 0.1) is 18.7 Å². The Morgan fingerprint density at radius 3 is 2.59 bits per heavy atom. The molecular weight excluding hydrogens is 418 g/mol. The summed E-state index contributed by atoms with van der Waals surface area (Å²) in [7, 11) is 0. The zero-order valence-electron chi connectivity index (χ0n) is 18.8. The summed E-state index contributed by atoms with van der Waals surface area (Å²) in [4.78, 5) is 42.3. The number of ether oxygens (including phenoxy) is 1. The molecule has 1 saturated heterocycles. The fraction of sp³-hybridized carbons (Fsp3) is 0.545. The van der Waals surface area contributed by atoms with Crippen LogP contribution in [-0.4, -0.2) is 50.1 Å². The summed E-state index contributed by atoms with van der Waals surface area (Å²) in [5.41, 5.74) is 2.99. The fourth-order valence-electron chi connectivity index (χ4n) is 3.85. The molecule has 10 nitrogen and oxygen atoms in total. The first-order valence-electron chi connectivity index (χ1n) is 10.5. The van der Waals surface area contributed by atoms with Crippen molar-refractivity contribution >= 4 is 34.6 Å². The molecule has 1 aromatic carbocycles. The van der Waals surface area contributed by atoms with E-state index in [-0.39, 0.29) is 18.7 Å². The number of hydrogen-bond donors (Lipinski definition) is 3. The van der Waals surface area contributed by atoms with Crippen LogP contribution in [0.2, 0.25) is 0 Å². The molecule has 1 fully saturated rings. The summed E-state index contributed by atoms with van der Waals surface area (Å²) in [5.74, 6) is -1.64. The topological polar surface area (TPSA) is 142 Å². The quantitative estimate of drug-likeness (QED) is 0.411. The number of aliphatic carboxylic acids is 1. The largest absolute Gasteiger partial charge is 0.480 e. The number of anilines is 1. The molecule has 32 heavy (non-hydrogen) atoms. The Labute approximate surface area is 185 Å². The Bertz CT molecular complexity index is 1040. The molecular formula is C22H29N3O7. The number of amides is 2. The van der Waals surface area contributed by atoms with Crippen molar-refractivity contribution < 1.29 is 33.9 Å². The van der Waals surface area contributed by atoms with Gasteiger partial charge >= 0.3 is 5.97 Å². The van der Waals surface area contributed by atoms with Gasteiger partial charge in [-0.25, -0.2) is 9.78 Å². The molecule has 2 aromatic rings. The minimum Gasteiger partial charge on any atom is -0.480 e. The standard InChI is InChI=1S/C22H29N3O7/c1-11(2)8-15-23-18-13(32-15)7-6-12(17(18)24-30)10-31-14-9-16(26)25(20(14)27)19(21(28)29)22(3,4)5/h6-7,11,14,19,24,30H,8-10H2,1-5H3,(H,28,29)/t14-,19-/m1/s1. The van der Waals surface area contributed by atoms with Crippen LogP contribution < -0.4 is 5.48 Å². The lowest BCUT2D eigenvalue weighted by Crippen LogP contribution is -2.52. The van der Waals surface area contributed by atoms with Crippen molar-refractivity contribution in [3.8, 4) is 0 Å². The van der Waals surface area contributed by atoms with Crippen LogP contribution >= 0.6 is 0 Å². The van der Waals surface area contributed by atoms with Crippen LogP contribution in [0.1, 0.15) is 52.5 Å². The van der Waals surface area contributed by atoms with Crippen molar-refractivity contribution in [1.29, 1.82) is 0 Å². The van der Waals surface area contributed by atoms with Crippen molar-refractivity contribution in [2.24, 2.45) is 11.3 Å². The second kappa shape index (κ2) is 8.87. The van der Waals surface area contributed by atoms with Crippen molar-refractivity contribution in [1.82, 2.24) is 9.88 Å². The Kier molecular flexibility index (Phi) is 6.56. The van der Waals surface area contributed by atoms with Crippen LogP contribution in [-0.2, 0) is 32.1 Å². The van der Waals surface area contributed by atoms with E-state index in [1.165, 1.54) is 0 Å². The van der Waals surface area contributed by atoms with Crippen LogP contribution in [0.25, 0.3) is 11.1 Å². The van der Waals surface area contributed by atoms with Crippen LogP contribution in [0.4, 0.5) is 5.69 Å². The van der Waals surface area contributed by atoms with Gasteiger partial charge in [0.15, 0.2) is 11.5 Å². The number of carbonyl (C=O) groups excluding carboxylic acids is 2. The highest BCUT2D eigenvalue weighted by molar-refractivity contribution is 6.07. The molecule has 1 aliphatic heterocycles. The summed E-state index contributed by atoms with van der Waals surface area (Å²) < 4.78 is 11.4. The molecule has 3 rings (SSSR count). The van der Waals surface area contributed by atoms with Gasteiger partial charge in [-0.3, -0.25) is 25.2 Å². The maximum atomic E-state index is 12.8. The number of fused-ring (bicyclic) bond motifs is 1. The lowest BCUT2D eigenvalue weighted by atomic mass is 9.85. The zero-order valence-corrected chi connectivity index (χ0v) is 18.8. The lowest BCUT2D eigenvalue weighted by Gasteiger charge is -2.33. The summed E-state index contributed by atoms with van der Waals surface area (Å²) in [6.45, 7) is 8.94. The minimum absolute atomic E-state index is 0.101. The van der Waals surface area contributed by atoms with E-state index in [0.29, 0.717) is 34.9 Å². The molecule has 0 spiro atoms. The highest BCUT2D eigenvalue weighted by Crippen LogP contribution is 2.32. The Morgan fingerprint density at radius 1 is 1.34 bits per heavy atom. The van der Waals surface area contributed by atoms with Gasteiger partial charge in [0.25, 0.3) is 5.91 Å². The van der Waals surface area contributed by atoms with E-state index in [1.54, 1.807) is 32.9 Å². The predicted octanol–water partition coefficient (Wildman–Crippen LogP) is 2.97. The van der Waals surface area contributed by atoms with Gasteiger partial charge in [-0.15, -0.1) is 0 Å². The first-order chi connectivity index (χ1) is 14.9. The number of likely N-dealkylation sites (tertiary alicyclic amines) is 1. The van der Waals surface area contributed by atoms with Crippen LogP contribution in [0.5, 0.6) is 0 Å². The minimum atomic E-state index is -1.29. The molecule has 3 N–H and O–H groups in total. The highest BCUT2D eigenvalue weighted by atomic mass is 16.5. The third kappa shape index (κ3) is 4.61. The Balaban J connectivity index is 1.80. The lowest BCUT2D eigenvalue weighted by molar-refractivity contribution is -0.160. The average molecular weight is 447 g/mol. The maximum Gasteiger partial charge on any atom is 0.327 e. The van der Waals surface area contributed by atoms with Crippen molar-refractivity contribution in [3.05, 3.63) is 23.6 Å². The number of carbonyl (C=O) groups is 3. The van der Waals surface area contributed by atoms with Gasteiger partial charge in [-0.2, -0.15) is 0 Å². The summed E-state index contributed by atoms with van der Waals surface area (Å²) in [6.07, 6.45) is -0.716. The SMILES string of the molecule is CC(C)Cc1nc2c(NO)c(CO[C@@H]3CC(=O)N([C@H](C(=O)O)C(C)(C)C)C3=O)ccc2o1. The number of carboxylic acids is 1. The van der Waals surface area contributed by atoms with Crippen molar-refractivity contribution in [3.63, 3.8) is 0 Å². The summed E-state index contributed by atoms with van der Waals surface area (Å²) in [6, 6.07) is 2.07. The molecule has 1 aromatic heterocycles. The van der Waals surface area contributed by atoms with Gasteiger partial charge in [0, 0.05) is 12.0 Å². The number of aromatic nitrogens is 1. The Hall–Kier alpha value is -2.98. The van der Waals surface area contributed by atoms with Crippen molar-refractivity contribution in [2.75, 3.05) is 5.48 Å². The number of imide groups is 1. The number of oxazole rings is 1. The molecule has 2 heterocycles. The summed E-state index contributed by atoms with van der Waals surface area (Å²) in [5, 5.41) is 19.3. The second-order valence-corrected chi connectivity index (χ2v) is 9.48.